The quantitative estimate of drug-likeness (QED) is 0.358. The van der Waals surface area contributed by atoms with E-state index in [9.17, 15) is 9.90 Å². The molecule has 0 saturated carbocycles. The van der Waals surface area contributed by atoms with Crippen LogP contribution in [0.3, 0.4) is 0 Å². The first-order valence-electron chi connectivity index (χ1n) is 8.01. The van der Waals surface area contributed by atoms with Crippen LogP contribution in [-0.4, -0.2) is 82.4 Å². The average molecular weight is 472 g/mol. The summed E-state index contributed by atoms with van der Waals surface area (Å²) in [7, 11) is 0. The lowest BCUT2D eigenvalue weighted by Crippen LogP contribution is -2.53. The molecule has 2 aliphatic rings. The Labute approximate surface area is 165 Å². The van der Waals surface area contributed by atoms with E-state index in [1.807, 2.05) is 25.7 Å². The Kier molecular flexibility index (Phi) is 7.92. The highest BCUT2D eigenvalue weighted by Crippen LogP contribution is 2.27. The van der Waals surface area contributed by atoms with Gasteiger partial charge in [0, 0.05) is 31.9 Å². The van der Waals surface area contributed by atoms with Gasteiger partial charge in [-0.2, -0.15) is 11.8 Å². The molecule has 0 aromatic rings. The third-order valence-electron chi connectivity index (χ3n) is 3.87. The van der Waals surface area contributed by atoms with Crippen LogP contribution in [0.2, 0.25) is 0 Å². The van der Waals surface area contributed by atoms with E-state index < -0.39 is 11.2 Å². The minimum atomic E-state index is -0.715. The predicted molar refractivity (Wildman–Crippen MR) is 108 cm³/mol. The lowest BCUT2D eigenvalue weighted by molar-refractivity contribution is 0.0186. The molecule has 0 aliphatic carbocycles. The molecule has 0 aromatic carbocycles. The summed E-state index contributed by atoms with van der Waals surface area (Å²) in [5.74, 6) is 2.13. The van der Waals surface area contributed by atoms with Crippen molar-refractivity contribution in [3.63, 3.8) is 0 Å². The molecule has 3 N–H and O–H groups in total. The highest BCUT2D eigenvalue weighted by molar-refractivity contribution is 14.0. The van der Waals surface area contributed by atoms with Gasteiger partial charge in [0.05, 0.1) is 12.1 Å². The fraction of sp³-hybridized carbons (Fsp3) is 0.867. The van der Waals surface area contributed by atoms with E-state index in [1.165, 1.54) is 0 Å². The van der Waals surface area contributed by atoms with Crippen LogP contribution < -0.4 is 5.73 Å². The van der Waals surface area contributed by atoms with Crippen molar-refractivity contribution in [2.45, 2.75) is 38.4 Å². The first-order valence-corrected chi connectivity index (χ1v) is 9.17. The molecule has 2 fully saturated rings. The van der Waals surface area contributed by atoms with Crippen molar-refractivity contribution >= 4 is 47.8 Å². The first-order chi connectivity index (χ1) is 10.7. The number of piperazine rings is 1. The number of hydrogen-bond donors (Lipinski definition) is 2. The van der Waals surface area contributed by atoms with Gasteiger partial charge in [0.1, 0.15) is 5.60 Å². The summed E-state index contributed by atoms with van der Waals surface area (Å²) >= 11 is 1.74. The van der Waals surface area contributed by atoms with E-state index in [0.717, 1.165) is 17.9 Å². The number of nitrogens with two attached hydrogens (primary N) is 1. The van der Waals surface area contributed by atoms with Gasteiger partial charge in [0.25, 0.3) is 0 Å². The Bertz CT molecular complexity index is 456. The Balaban J connectivity index is 0.00000288. The maximum absolute atomic E-state index is 12.0. The van der Waals surface area contributed by atoms with E-state index in [4.69, 9.17) is 10.5 Å². The fourth-order valence-corrected chi connectivity index (χ4v) is 3.78. The van der Waals surface area contributed by atoms with Crippen LogP contribution in [0.1, 0.15) is 27.2 Å². The predicted octanol–water partition coefficient (Wildman–Crippen LogP) is 1.34. The Hall–Kier alpha value is -0.420. The molecule has 7 nitrogen and oxygen atoms in total. The molecule has 1 amide bonds. The van der Waals surface area contributed by atoms with Crippen LogP contribution in [-0.2, 0) is 4.74 Å². The van der Waals surface area contributed by atoms with Crippen molar-refractivity contribution < 1.29 is 14.6 Å². The second kappa shape index (κ2) is 8.79. The monoisotopic (exact) mass is 472 g/mol. The molecule has 140 valence electrons. The summed E-state index contributed by atoms with van der Waals surface area (Å²) in [4.78, 5) is 20.0. The molecular weight excluding hydrogens is 443 g/mol. The molecule has 24 heavy (non-hydrogen) atoms. The third kappa shape index (κ3) is 6.47. The van der Waals surface area contributed by atoms with Crippen LogP contribution in [0.5, 0.6) is 0 Å². The van der Waals surface area contributed by atoms with Gasteiger partial charge < -0.3 is 25.4 Å². The number of ether oxygens (including phenoxy) is 1. The number of aliphatic hydroxyl groups is 1. The van der Waals surface area contributed by atoms with Crippen LogP contribution in [0, 0.1) is 0 Å². The lowest BCUT2D eigenvalue weighted by Gasteiger charge is -2.36. The molecule has 2 aliphatic heterocycles. The molecule has 2 heterocycles. The van der Waals surface area contributed by atoms with Gasteiger partial charge in [-0.15, -0.1) is 24.0 Å². The number of carbonyl (C=O) groups excluding carboxylic acids is 1. The molecular formula is C15H29IN4O3S. The number of nitrogens with zero attached hydrogens (tertiary/aromatic N) is 3. The van der Waals surface area contributed by atoms with Crippen molar-refractivity contribution in [1.29, 1.82) is 0 Å². The zero-order valence-corrected chi connectivity index (χ0v) is 17.8. The van der Waals surface area contributed by atoms with Gasteiger partial charge in [-0.3, -0.25) is 4.99 Å². The third-order valence-corrected chi connectivity index (χ3v) is 5.11. The smallest absolute Gasteiger partial charge is 0.410 e. The maximum Gasteiger partial charge on any atom is 0.410 e. The van der Waals surface area contributed by atoms with Crippen molar-refractivity contribution in [3.8, 4) is 0 Å². The van der Waals surface area contributed by atoms with Crippen LogP contribution in [0.4, 0.5) is 4.79 Å². The second-order valence-corrected chi connectivity index (χ2v) is 8.26. The van der Waals surface area contributed by atoms with E-state index in [2.05, 4.69) is 4.99 Å². The summed E-state index contributed by atoms with van der Waals surface area (Å²) in [5.41, 5.74) is 4.83. The van der Waals surface area contributed by atoms with Gasteiger partial charge in [0.2, 0.25) is 0 Å². The molecule has 0 bridgehead atoms. The Morgan fingerprint density at radius 3 is 2.38 bits per heavy atom. The molecule has 0 aromatic heterocycles. The molecule has 1 atom stereocenters. The van der Waals surface area contributed by atoms with E-state index in [-0.39, 0.29) is 30.1 Å². The molecule has 2 saturated heterocycles. The number of amides is 1. The van der Waals surface area contributed by atoms with Gasteiger partial charge in [-0.05, 0) is 32.9 Å². The van der Waals surface area contributed by atoms with Crippen molar-refractivity contribution in [1.82, 2.24) is 9.80 Å². The summed E-state index contributed by atoms with van der Waals surface area (Å²) in [6.45, 7) is 8.30. The largest absolute Gasteiger partial charge is 0.444 e. The molecule has 0 spiro atoms. The zero-order chi connectivity index (χ0) is 17.1. The van der Waals surface area contributed by atoms with Crippen LogP contribution in [0.25, 0.3) is 0 Å². The van der Waals surface area contributed by atoms with E-state index in [0.29, 0.717) is 38.7 Å². The van der Waals surface area contributed by atoms with Crippen molar-refractivity contribution in [2.24, 2.45) is 10.7 Å². The SMILES string of the molecule is CC(C)(C)OC(=O)N1CCN(C(N)=NCC2(O)CCSC2)CC1.I. The topological polar surface area (TPSA) is 91.4 Å². The molecule has 0 radical (unpaired) electrons. The maximum atomic E-state index is 12.0. The van der Waals surface area contributed by atoms with Crippen molar-refractivity contribution in [2.75, 3.05) is 44.2 Å². The molecule has 1 unspecified atom stereocenters. The first kappa shape index (κ1) is 21.6. The number of halogens is 1. The van der Waals surface area contributed by atoms with Crippen molar-refractivity contribution in [3.05, 3.63) is 0 Å². The Morgan fingerprint density at radius 2 is 1.88 bits per heavy atom. The molecule has 2 rings (SSSR count). The lowest BCUT2D eigenvalue weighted by atomic mass is 10.1. The minimum absolute atomic E-state index is 0. The highest BCUT2D eigenvalue weighted by Gasteiger charge is 2.32. The number of hydrogen-bond acceptors (Lipinski definition) is 5. The number of rotatable bonds is 2. The average Bonchev–Trinajstić information content (AvgIpc) is 2.90. The highest BCUT2D eigenvalue weighted by atomic mass is 127. The minimum Gasteiger partial charge on any atom is -0.444 e. The van der Waals surface area contributed by atoms with Gasteiger partial charge in [0.15, 0.2) is 5.96 Å². The van der Waals surface area contributed by atoms with E-state index >= 15 is 0 Å². The Morgan fingerprint density at radius 1 is 1.29 bits per heavy atom. The molecule has 9 heteroatoms. The van der Waals surface area contributed by atoms with Crippen LogP contribution in [0.15, 0.2) is 4.99 Å². The second-order valence-electron chi connectivity index (χ2n) is 7.16. The number of thioether (sulfide) groups is 1. The number of carbonyl (C=O) groups is 1. The normalized spacial score (nSPS) is 25.4. The van der Waals surface area contributed by atoms with Gasteiger partial charge in [-0.25, -0.2) is 4.79 Å². The summed E-state index contributed by atoms with van der Waals surface area (Å²) in [6.07, 6.45) is 0.478. The standard InChI is InChI=1S/C15H28N4O3S.HI/c1-14(2,3)22-13(20)19-7-5-18(6-8-19)12(16)17-10-15(21)4-9-23-11-15;/h21H,4-11H2,1-3H3,(H2,16,17);1H. The fourth-order valence-electron chi connectivity index (χ4n) is 2.49. The van der Waals surface area contributed by atoms with E-state index in [1.54, 1.807) is 16.7 Å². The van der Waals surface area contributed by atoms with Gasteiger partial charge >= 0.3 is 6.09 Å². The summed E-state index contributed by atoms with van der Waals surface area (Å²) in [6, 6.07) is 0. The summed E-state index contributed by atoms with van der Waals surface area (Å²) in [5, 5.41) is 10.3. The number of guanidine groups is 1. The zero-order valence-electron chi connectivity index (χ0n) is 14.7. The number of aliphatic imine (C=N–C) groups is 1. The van der Waals surface area contributed by atoms with Crippen LogP contribution >= 0.6 is 35.7 Å². The van der Waals surface area contributed by atoms with Gasteiger partial charge in [-0.1, -0.05) is 0 Å². The summed E-state index contributed by atoms with van der Waals surface area (Å²) < 4.78 is 5.37.